The largest absolute Gasteiger partial charge is 0.467 e. The van der Waals surface area contributed by atoms with Crippen LogP contribution in [0.1, 0.15) is 40.5 Å². The fourth-order valence-electron chi connectivity index (χ4n) is 2.06. The Kier molecular flexibility index (Phi) is 6.28. The molecule has 108 valence electrons. The summed E-state index contributed by atoms with van der Waals surface area (Å²) in [4.78, 5) is 14.7. The molecule has 19 heavy (non-hydrogen) atoms. The number of rotatable bonds is 7. The van der Waals surface area contributed by atoms with Crippen molar-refractivity contribution in [1.29, 1.82) is 0 Å². The minimum Gasteiger partial charge on any atom is -0.467 e. The van der Waals surface area contributed by atoms with Gasteiger partial charge in [-0.1, -0.05) is 27.7 Å². The first-order valence-corrected chi connectivity index (χ1v) is 7.11. The lowest BCUT2D eigenvalue weighted by Gasteiger charge is -2.32. The lowest BCUT2D eigenvalue weighted by Crippen LogP contribution is -2.38. The molecule has 0 aliphatic rings. The number of ether oxygens (including phenoxy) is 1. The molecule has 1 heterocycles. The van der Waals surface area contributed by atoms with Crippen LogP contribution in [0.5, 0.6) is 6.01 Å². The molecule has 0 spiro atoms. The Morgan fingerprint density at radius 1 is 1.16 bits per heavy atom. The van der Waals surface area contributed by atoms with Gasteiger partial charge >= 0.3 is 6.01 Å². The highest BCUT2D eigenvalue weighted by molar-refractivity contribution is 6.28. The van der Waals surface area contributed by atoms with Gasteiger partial charge in [-0.15, -0.1) is 0 Å². The molecule has 0 aliphatic carbocycles. The summed E-state index contributed by atoms with van der Waals surface area (Å²) >= 11 is 5.93. The summed E-state index contributed by atoms with van der Waals surface area (Å²) in [7, 11) is 1.53. The average molecular weight is 287 g/mol. The first-order valence-electron chi connectivity index (χ1n) is 6.73. The van der Waals surface area contributed by atoms with Crippen LogP contribution < -0.4 is 9.64 Å². The molecule has 1 rings (SSSR count). The number of methoxy groups -OCH3 is 1. The molecule has 0 fully saturated rings. The van der Waals surface area contributed by atoms with Crippen LogP contribution in [0.15, 0.2) is 0 Å². The average Bonchev–Trinajstić information content (AvgIpc) is 2.37. The lowest BCUT2D eigenvalue weighted by molar-refractivity contribution is 0.376. The van der Waals surface area contributed by atoms with Crippen molar-refractivity contribution >= 4 is 17.5 Å². The summed E-state index contributed by atoms with van der Waals surface area (Å²) in [6.07, 6.45) is 2.07. The number of aromatic nitrogens is 3. The van der Waals surface area contributed by atoms with Gasteiger partial charge in [0.25, 0.3) is 0 Å². The second-order valence-corrected chi connectivity index (χ2v) is 5.25. The van der Waals surface area contributed by atoms with Crippen molar-refractivity contribution in [3.63, 3.8) is 0 Å². The quantitative estimate of drug-likeness (QED) is 0.770. The van der Waals surface area contributed by atoms with Crippen molar-refractivity contribution in [2.24, 2.45) is 5.92 Å². The van der Waals surface area contributed by atoms with E-state index in [0.29, 0.717) is 17.9 Å². The third-order valence-electron chi connectivity index (χ3n) is 2.96. The maximum absolute atomic E-state index is 5.93. The molecule has 0 atom stereocenters. The summed E-state index contributed by atoms with van der Waals surface area (Å²) in [5.74, 6) is 1.11. The van der Waals surface area contributed by atoms with E-state index >= 15 is 0 Å². The van der Waals surface area contributed by atoms with Crippen LogP contribution in [0.3, 0.4) is 0 Å². The molecule has 0 amide bonds. The van der Waals surface area contributed by atoms with E-state index in [-0.39, 0.29) is 11.3 Å². The first-order chi connectivity index (χ1) is 9.01. The Bertz CT molecular complexity index is 396. The highest BCUT2D eigenvalue weighted by atomic mass is 35.5. The SMILES string of the molecule is CCC(CC)N(CC(C)C)c1nc(Cl)nc(OC)n1. The van der Waals surface area contributed by atoms with Gasteiger partial charge in [0.1, 0.15) is 0 Å². The van der Waals surface area contributed by atoms with Gasteiger partial charge in [0.05, 0.1) is 7.11 Å². The number of hydrogen-bond donors (Lipinski definition) is 0. The third kappa shape index (κ3) is 4.49. The van der Waals surface area contributed by atoms with Gasteiger partial charge in [-0.2, -0.15) is 15.0 Å². The Morgan fingerprint density at radius 3 is 2.26 bits per heavy atom. The maximum Gasteiger partial charge on any atom is 0.322 e. The van der Waals surface area contributed by atoms with Gasteiger partial charge in [-0.05, 0) is 30.4 Å². The predicted octanol–water partition coefficient (Wildman–Crippen LogP) is 3.18. The minimum absolute atomic E-state index is 0.168. The van der Waals surface area contributed by atoms with Gasteiger partial charge in [0.15, 0.2) is 0 Å². The molecular weight excluding hydrogens is 264 g/mol. The van der Waals surface area contributed by atoms with Gasteiger partial charge < -0.3 is 9.64 Å². The fraction of sp³-hybridized carbons (Fsp3) is 0.769. The zero-order chi connectivity index (χ0) is 14.4. The number of halogens is 1. The number of nitrogens with zero attached hydrogens (tertiary/aromatic N) is 4. The van der Waals surface area contributed by atoms with E-state index in [9.17, 15) is 0 Å². The molecule has 0 unspecified atom stereocenters. The summed E-state index contributed by atoms with van der Waals surface area (Å²) in [6, 6.07) is 0.653. The summed E-state index contributed by atoms with van der Waals surface area (Å²) in [5, 5.41) is 0.168. The zero-order valence-corrected chi connectivity index (χ0v) is 13.1. The van der Waals surface area contributed by atoms with Crippen LogP contribution in [0.2, 0.25) is 5.28 Å². The van der Waals surface area contributed by atoms with Crippen LogP contribution in [0.4, 0.5) is 5.95 Å². The first kappa shape index (κ1) is 16.0. The van der Waals surface area contributed by atoms with Crippen LogP contribution in [-0.4, -0.2) is 34.6 Å². The fourth-order valence-corrected chi connectivity index (χ4v) is 2.21. The molecule has 1 aromatic rings. The van der Waals surface area contributed by atoms with E-state index in [1.54, 1.807) is 0 Å². The third-order valence-corrected chi connectivity index (χ3v) is 3.13. The van der Waals surface area contributed by atoms with E-state index in [0.717, 1.165) is 19.4 Å². The highest BCUT2D eigenvalue weighted by Crippen LogP contribution is 2.21. The second-order valence-electron chi connectivity index (χ2n) is 4.91. The van der Waals surface area contributed by atoms with Crippen LogP contribution >= 0.6 is 11.6 Å². The van der Waals surface area contributed by atoms with Gasteiger partial charge in [0, 0.05) is 12.6 Å². The minimum atomic E-state index is 0.168. The van der Waals surface area contributed by atoms with E-state index in [2.05, 4.69) is 47.5 Å². The van der Waals surface area contributed by atoms with Gasteiger partial charge in [-0.25, -0.2) is 0 Å². The van der Waals surface area contributed by atoms with Crippen LogP contribution in [0, 0.1) is 5.92 Å². The van der Waals surface area contributed by atoms with E-state index in [4.69, 9.17) is 16.3 Å². The van der Waals surface area contributed by atoms with E-state index < -0.39 is 0 Å². The molecular formula is C13H23ClN4O. The van der Waals surface area contributed by atoms with Crippen LogP contribution in [-0.2, 0) is 0 Å². The normalized spacial score (nSPS) is 11.2. The monoisotopic (exact) mass is 286 g/mol. The standard InChI is InChI=1S/C13H23ClN4O/c1-6-10(7-2)18(8-9(3)4)12-15-11(14)16-13(17-12)19-5/h9-10H,6-8H2,1-5H3. The molecule has 0 aliphatic heterocycles. The molecule has 0 radical (unpaired) electrons. The summed E-state index contributed by atoms with van der Waals surface area (Å²) in [5.41, 5.74) is 0. The summed E-state index contributed by atoms with van der Waals surface area (Å²) < 4.78 is 5.06. The van der Waals surface area contributed by atoms with Crippen molar-refractivity contribution in [2.75, 3.05) is 18.6 Å². The molecule has 0 N–H and O–H groups in total. The molecule has 5 nitrogen and oxygen atoms in total. The van der Waals surface area contributed by atoms with Crippen LogP contribution in [0.25, 0.3) is 0 Å². The smallest absolute Gasteiger partial charge is 0.322 e. The Hall–Kier alpha value is -1.10. The predicted molar refractivity (Wildman–Crippen MR) is 77.9 cm³/mol. The Morgan fingerprint density at radius 2 is 1.79 bits per heavy atom. The Balaban J connectivity index is 3.11. The highest BCUT2D eigenvalue weighted by Gasteiger charge is 2.21. The van der Waals surface area contributed by atoms with Crippen molar-refractivity contribution in [2.45, 2.75) is 46.6 Å². The van der Waals surface area contributed by atoms with E-state index in [1.807, 2.05) is 0 Å². The van der Waals surface area contributed by atoms with Gasteiger partial charge in [-0.3, -0.25) is 0 Å². The van der Waals surface area contributed by atoms with Gasteiger partial charge in [0.2, 0.25) is 11.2 Å². The molecule has 1 aromatic heterocycles. The number of anilines is 1. The zero-order valence-electron chi connectivity index (χ0n) is 12.4. The van der Waals surface area contributed by atoms with Crippen molar-refractivity contribution in [1.82, 2.24) is 15.0 Å². The van der Waals surface area contributed by atoms with Crippen molar-refractivity contribution < 1.29 is 4.74 Å². The van der Waals surface area contributed by atoms with E-state index in [1.165, 1.54) is 7.11 Å². The van der Waals surface area contributed by atoms with Crippen molar-refractivity contribution in [3.05, 3.63) is 5.28 Å². The topological polar surface area (TPSA) is 51.1 Å². The maximum atomic E-state index is 5.93. The summed E-state index contributed by atoms with van der Waals surface area (Å²) in [6.45, 7) is 9.57. The molecule has 0 saturated carbocycles. The second kappa shape index (κ2) is 7.48. The molecule has 0 saturated heterocycles. The molecule has 6 heteroatoms. The Labute approximate surface area is 120 Å². The number of hydrogen-bond acceptors (Lipinski definition) is 5. The van der Waals surface area contributed by atoms with Crippen molar-refractivity contribution in [3.8, 4) is 6.01 Å². The molecule has 0 bridgehead atoms. The molecule has 0 aromatic carbocycles. The lowest BCUT2D eigenvalue weighted by atomic mass is 10.1.